The predicted octanol–water partition coefficient (Wildman–Crippen LogP) is 4.84. The molecule has 0 fully saturated rings. The van der Waals surface area contributed by atoms with E-state index in [4.69, 9.17) is 11.6 Å². The van der Waals surface area contributed by atoms with Crippen molar-refractivity contribution in [2.75, 3.05) is 17.3 Å². The topological polar surface area (TPSA) is 87.5 Å². The molecule has 8 heteroatoms. The molecule has 0 bridgehead atoms. The smallest absolute Gasteiger partial charge is 0.335 e. The number of rotatable bonds is 8. The van der Waals surface area contributed by atoms with Crippen molar-refractivity contribution in [1.82, 2.24) is 9.78 Å². The molecular formula is C23H25ClN4O3. The van der Waals surface area contributed by atoms with Crippen molar-refractivity contribution in [3.8, 4) is 0 Å². The van der Waals surface area contributed by atoms with Crippen molar-refractivity contribution in [1.29, 1.82) is 0 Å². The minimum atomic E-state index is -1.07. The number of hydrogen-bond donors (Lipinski definition) is 2. The molecule has 7 nitrogen and oxygen atoms in total. The molecular weight excluding hydrogens is 416 g/mol. The fourth-order valence-electron chi connectivity index (χ4n) is 3.39. The summed E-state index contributed by atoms with van der Waals surface area (Å²) in [6.07, 6.45) is 0.964. The van der Waals surface area contributed by atoms with Gasteiger partial charge in [-0.1, -0.05) is 24.6 Å². The second-order valence-electron chi connectivity index (χ2n) is 7.36. The zero-order chi connectivity index (χ0) is 22.5. The molecule has 0 aliphatic carbocycles. The van der Waals surface area contributed by atoms with Gasteiger partial charge >= 0.3 is 5.97 Å². The van der Waals surface area contributed by atoms with Crippen LogP contribution in [0.1, 0.15) is 45.4 Å². The van der Waals surface area contributed by atoms with Crippen LogP contribution in [0.3, 0.4) is 0 Å². The molecule has 0 atom stereocenters. The first kappa shape index (κ1) is 22.4. The van der Waals surface area contributed by atoms with E-state index in [0.29, 0.717) is 28.5 Å². The Bertz CT molecular complexity index is 1110. The summed E-state index contributed by atoms with van der Waals surface area (Å²) in [5.41, 5.74) is 3.56. The molecule has 0 spiro atoms. The fourth-order valence-corrected chi connectivity index (χ4v) is 3.58. The lowest BCUT2D eigenvalue weighted by atomic mass is 10.1. The Morgan fingerprint density at radius 2 is 1.94 bits per heavy atom. The van der Waals surface area contributed by atoms with Gasteiger partial charge in [0, 0.05) is 24.2 Å². The first-order chi connectivity index (χ1) is 14.8. The molecule has 0 aliphatic heterocycles. The van der Waals surface area contributed by atoms with Crippen LogP contribution in [0.25, 0.3) is 0 Å². The Morgan fingerprint density at radius 3 is 2.61 bits per heavy atom. The lowest BCUT2D eigenvalue weighted by Crippen LogP contribution is -2.22. The summed E-state index contributed by atoms with van der Waals surface area (Å²) in [6, 6.07) is 13.3. The van der Waals surface area contributed by atoms with E-state index in [1.807, 2.05) is 29.6 Å². The van der Waals surface area contributed by atoms with Crippen LogP contribution in [0, 0.1) is 6.92 Å². The van der Waals surface area contributed by atoms with Gasteiger partial charge in [0.15, 0.2) is 0 Å². The van der Waals surface area contributed by atoms with Gasteiger partial charge in [-0.25, -0.2) is 4.79 Å². The van der Waals surface area contributed by atoms with Gasteiger partial charge < -0.3 is 15.3 Å². The molecule has 2 N–H and O–H groups in total. The molecule has 3 aromatic rings. The molecule has 0 saturated carbocycles. The van der Waals surface area contributed by atoms with Gasteiger partial charge in [-0.2, -0.15) is 5.10 Å². The highest BCUT2D eigenvalue weighted by Gasteiger charge is 2.17. The van der Waals surface area contributed by atoms with E-state index >= 15 is 0 Å². The van der Waals surface area contributed by atoms with E-state index in [0.717, 1.165) is 24.4 Å². The van der Waals surface area contributed by atoms with Gasteiger partial charge in [0.05, 0.1) is 34.9 Å². The number of carbonyl (C=O) groups excluding carboxylic acids is 1. The van der Waals surface area contributed by atoms with Crippen molar-refractivity contribution in [3.63, 3.8) is 0 Å². The molecule has 3 rings (SSSR count). The molecule has 162 valence electrons. The van der Waals surface area contributed by atoms with Crippen LogP contribution in [0.5, 0.6) is 0 Å². The monoisotopic (exact) mass is 440 g/mol. The molecule has 0 unspecified atom stereocenters. The van der Waals surface area contributed by atoms with Crippen LogP contribution < -0.4 is 10.2 Å². The Labute approximate surface area is 186 Å². The Kier molecular flexibility index (Phi) is 6.97. The third-order valence-corrected chi connectivity index (χ3v) is 5.04. The van der Waals surface area contributed by atoms with Crippen molar-refractivity contribution >= 4 is 34.9 Å². The summed E-state index contributed by atoms with van der Waals surface area (Å²) >= 11 is 6.00. The average molecular weight is 441 g/mol. The molecule has 2 aromatic carbocycles. The molecule has 1 aromatic heterocycles. The number of aryl methyl sites for hydroxylation is 2. The maximum absolute atomic E-state index is 12.8. The number of nitrogens with zero attached hydrogens (tertiary/aromatic N) is 3. The number of aromatic nitrogens is 2. The van der Waals surface area contributed by atoms with E-state index in [2.05, 4.69) is 17.3 Å². The maximum atomic E-state index is 12.8. The number of benzene rings is 2. The van der Waals surface area contributed by atoms with E-state index < -0.39 is 5.97 Å². The van der Waals surface area contributed by atoms with Crippen LogP contribution in [0.4, 0.5) is 11.4 Å². The molecule has 1 heterocycles. The van der Waals surface area contributed by atoms with Gasteiger partial charge in [-0.05, 0) is 55.8 Å². The number of nitrogens with one attached hydrogen (secondary N) is 1. The standard InChI is InChI=1S/C23H25ClN4O3/c1-4-10-28-19(11-15(2)26-28)14-27(3)21-9-8-17(23(30)31)13-20(21)25-22(29)16-6-5-7-18(24)12-16/h5-9,11-13H,4,10,14H2,1-3H3,(H,25,29)(H,30,31). The second kappa shape index (κ2) is 9.66. The summed E-state index contributed by atoms with van der Waals surface area (Å²) in [7, 11) is 1.89. The van der Waals surface area contributed by atoms with Crippen LogP contribution >= 0.6 is 11.6 Å². The summed E-state index contributed by atoms with van der Waals surface area (Å²) in [5.74, 6) is -1.43. The normalized spacial score (nSPS) is 10.7. The first-order valence-corrected chi connectivity index (χ1v) is 10.3. The quantitative estimate of drug-likeness (QED) is 0.523. The highest BCUT2D eigenvalue weighted by atomic mass is 35.5. The number of halogens is 1. The highest BCUT2D eigenvalue weighted by Crippen LogP contribution is 2.29. The van der Waals surface area contributed by atoms with E-state index in [-0.39, 0.29) is 11.5 Å². The van der Waals surface area contributed by atoms with Gasteiger partial charge in [0.1, 0.15) is 0 Å². The van der Waals surface area contributed by atoms with Crippen molar-refractivity contribution in [3.05, 3.63) is 76.1 Å². The molecule has 0 aliphatic rings. The second-order valence-corrected chi connectivity index (χ2v) is 7.79. The van der Waals surface area contributed by atoms with Gasteiger partial charge in [-0.15, -0.1) is 0 Å². The Balaban J connectivity index is 1.92. The molecule has 0 saturated heterocycles. The number of carbonyl (C=O) groups is 2. The van der Waals surface area contributed by atoms with Crippen molar-refractivity contribution in [2.24, 2.45) is 0 Å². The van der Waals surface area contributed by atoms with Gasteiger partial charge in [0.25, 0.3) is 5.91 Å². The van der Waals surface area contributed by atoms with Crippen LogP contribution in [0.15, 0.2) is 48.5 Å². The van der Waals surface area contributed by atoms with Crippen molar-refractivity contribution in [2.45, 2.75) is 33.4 Å². The zero-order valence-electron chi connectivity index (χ0n) is 17.7. The van der Waals surface area contributed by atoms with E-state index in [1.54, 1.807) is 30.3 Å². The number of amides is 1. The number of aromatic carboxylic acids is 1. The van der Waals surface area contributed by atoms with Crippen molar-refractivity contribution < 1.29 is 14.7 Å². The number of hydrogen-bond acceptors (Lipinski definition) is 4. The van der Waals surface area contributed by atoms with E-state index in [1.165, 1.54) is 12.1 Å². The average Bonchev–Trinajstić information content (AvgIpc) is 3.06. The maximum Gasteiger partial charge on any atom is 0.335 e. The SMILES string of the molecule is CCCn1nc(C)cc1CN(C)c1ccc(C(=O)O)cc1NC(=O)c1cccc(Cl)c1. The third-order valence-electron chi connectivity index (χ3n) is 4.81. The summed E-state index contributed by atoms with van der Waals surface area (Å²) < 4.78 is 1.97. The minimum absolute atomic E-state index is 0.0883. The Hall–Kier alpha value is -3.32. The van der Waals surface area contributed by atoms with E-state index in [9.17, 15) is 14.7 Å². The lowest BCUT2D eigenvalue weighted by molar-refractivity contribution is 0.0696. The van der Waals surface area contributed by atoms with Gasteiger partial charge in [-0.3, -0.25) is 9.48 Å². The number of carboxylic acids is 1. The molecule has 0 radical (unpaired) electrons. The summed E-state index contributed by atoms with van der Waals surface area (Å²) in [6.45, 7) is 5.41. The highest BCUT2D eigenvalue weighted by molar-refractivity contribution is 6.31. The number of carboxylic acid groups (broad SMARTS) is 1. The largest absolute Gasteiger partial charge is 0.478 e. The molecule has 31 heavy (non-hydrogen) atoms. The predicted molar refractivity (Wildman–Crippen MR) is 122 cm³/mol. The summed E-state index contributed by atoms with van der Waals surface area (Å²) in [5, 5.41) is 17.2. The van der Waals surface area contributed by atoms with Crippen LogP contribution in [-0.4, -0.2) is 33.8 Å². The summed E-state index contributed by atoms with van der Waals surface area (Å²) in [4.78, 5) is 26.2. The minimum Gasteiger partial charge on any atom is -0.478 e. The third kappa shape index (κ3) is 5.44. The van der Waals surface area contributed by atoms with Crippen LogP contribution in [-0.2, 0) is 13.1 Å². The number of anilines is 2. The van der Waals surface area contributed by atoms with Crippen LogP contribution in [0.2, 0.25) is 5.02 Å². The Morgan fingerprint density at radius 1 is 1.16 bits per heavy atom. The molecule has 1 amide bonds. The van der Waals surface area contributed by atoms with Gasteiger partial charge in [0.2, 0.25) is 0 Å². The first-order valence-electron chi connectivity index (χ1n) is 9.97. The zero-order valence-corrected chi connectivity index (χ0v) is 18.5. The lowest BCUT2D eigenvalue weighted by Gasteiger charge is -2.23. The fraction of sp³-hybridized carbons (Fsp3) is 0.261.